The highest BCUT2D eigenvalue weighted by Gasteiger charge is 2.37. The molecule has 1 aliphatic heterocycles. The van der Waals surface area contributed by atoms with Crippen LogP contribution < -0.4 is 15.5 Å². The summed E-state index contributed by atoms with van der Waals surface area (Å²) in [4.78, 5) is 29.3. The molecule has 0 saturated heterocycles. The van der Waals surface area contributed by atoms with Crippen molar-refractivity contribution in [1.29, 1.82) is 0 Å². The second-order valence-corrected chi connectivity index (χ2v) is 10.8. The minimum atomic E-state index is -4.57. The molecule has 3 amide bonds. The standard InChI is InChI=1S/C28H22F3N3O2S2/c29-28(30,31)20-10-1-2-11-21(20)33-26(35)17-37-19-9-7-8-18(16-19)32-27(36)34-22-12-3-5-14-24(22)38-25-15-6-4-13-23(25)34/h1-16,22,24H,17H2,(H,32,36)(H,33,35). The van der Waals surface area contributed by atoms with E-state index in [1.165, 1.54) is 18.2 Å². The fraction of sp³-hybridized carbons (Fsp3) is 0.143. The number of hydrogen-bond acceptors (Lipinski definition) is 4. The average molecular weight is 554 g/mol. The lowest BCUT2D eigenvalue weighted by Gasteiger charge is -2.40. The number of benzene rings is 3. The number of allylic oxidation sites excluding steroid dienone is 2. The van der Waals surface area contributed by atoms with E-state index < -0.39 is 17.6 Å². The number of nitrogens with one attached hydrogen (secondary N) is 2. The van der Waals surface area contributed by atoms with Crippen LogP contribution in [0.5, 0.6) is 0 Å². The molecule has 5 nitrogen and oxygen atoms in total. The third kappa shape index (κ3) is 5.76. The van der Waals surface area contributed by atoms with E-state index in [1.807, 2.05) is 42.5 Å². The maximum absolute atomic E-state index is 13.5. The zero-order valence-electron chi connectivity index (χ0n) is 19.8. The quantitative estimate of drug-likeness (QED) is 0.322. The van der Waals surface area contributed by atoms with Crippen LogP contribution in [0, 0.1) is 0 Å². The second kappa shape index (κ2) is 11.0. The topological polar surface area (TPSA) is 61.4 Å². The Morgan fingerprint density at radius 2 is 1.68 bits per heavy atom. The van der Waals surface area contributed by atoms with Crippen molar-refractivity contribution in [2.45, 2.75) is 27.3 Å². The van der Waals surface area contributed by atoms with Gasteiger partial charge in [-0.25, -0.2) is 4.79 Å². The minimum absolute atomic E-state index is 0.0960. The number of carbonyl (C=O) groups excluding carboxylic acids is 2. The number of alkyl halides is 3. The average Bonchev–Trinajstić information content (AvgIpc) is 2.90. The van der Waals surface area contributed by atoms with E-state index in [0.29, 0.717) is 10.6 Å². The molecule has 2 atom stereocenters. The van der Waals surface area contributed by atoms with Gasteiger partial charge < -0.3 is 10.6 Å². The van der Waals surface area contributed by atoms with Crippen molar-refractivity contribution >= 4 is 52.5 Å². The molecule has 2 N–H and O–H groups in total. The summed E-state index contributed by atoms with van der Waals surface area (Å²) in [6, 6.07) is 19.2. The maximum Gasteiger partial charge on any atom is 0.418 e. The van der Waals surface area contributed by atoms with E-state index >= 15 is 0 Å². The predicted octanol–water partition coefficient (Wildman–Crippen LogP) is 7.44. The van der Waals surface area contributed by atoms with Crippen LogP contribution in [0.25, 0.3) is 0 Å². The first-order valence-corrected chi connectivity index (χ1v) is 13.6. The highest BCUT2D eigenvalue weighted by atomic mass is 32.2. The first-order chi connectivity index (χ1) is 18.3. The van der Waals surface area contributed by atoms with Crippen LogP contribution in [0.4, 0.5) is 35.0 Å². The molecule has 10 heteroatoms. The first-order valence-electron chi connectivity index (χ1n) is 11.7. The number of amides is 3. The zero-order valence-corrected chi connectivity index (χ0v) is 21.4. The number of nitrogens with zero attached hydrogens (tertiary/aromatic N) is 1. The molecule has 2 aliphatic rings. The monoisotopic (exact) mass is 553 g/mol. The summed E-state index contributed by atoms with van der Waals surface area (Å²) in [6.45, 7) is 0. The van der Waals surface area contributed by atoms with E-state index in [9.17, 15) is 22.8 Å². The number of rotatable bonds is 5. The predicted molar refractivity (Wildman–Crippen MR) is 147 cm³/mol. The summed E-state index contributed by atoms with van der Waals surface area (Å²) < 4.78 is 39.6. The van der Waals surface area contributed by atoms with Crippen LogP contribution in [0.2, 0.25) is 0 Å². The van der Waals surface area contributed by atoms with Crippen molar-refractivity contribution in [2.75, 3.05) is 21.3 Å². The molecule has 3 aromatic carbocycles. The lowest BCUT2D eigenvalue weighted by atomic mass is 10.1. The van der Waals surface area contributed by atoms with E-state index in [2.05, 4.69) is 16.7 Å². The third-order valence-electron chi connectivity index (χ3n) is 5.92. The normalized spacial score (nSPS) is 17.9. The molecule has 0 bridgehead atoms. The summed E-state index contributed by atoms with van der Waals surface area (Å²) in [5, 5.41) is 5.40. The molecule has 1 aliphatic carbocycles. The Kier molecular flexibility index (Phi) is 7.53. The van der Waals surface area contributed by atoms with Crippen LogP contribution in [0.15, 0.2) is 107 Å². The number of carbonyl (C=O) groups is 2. The number of hydrogen-bond donors (Lipinski definition) is 2. The van der Waals surface area contributed by atoms with E-state index in [-0.39, 0.29) is 28.8 Å². The van der Waals surface area contributed by atoms with Gasteiger partial charge in [-0.05, 0) is 42.5 Å². The summed E-state index contributed by atoms with van der Waals surface area (Å²) in [5.74, 6) is -0.659. The Morgan fingerprint density at radius 1 is 0.921 bits per heavy atom. The molecule has 38 heavy (non-hydrogen) atoms. The summed E-state index contributed by atoms with van der Waals surface area (Å²) in [6.07, 6.45) is 3.44. The highest BCUT2D eigenvalue weighted by molar-refractivity contribution is 8.00. The van der Waals surface area contributed by atoms with E-state index in [0.717, 1.165) is 28.4 Å². The lowest BCUT2D eigenvalue weighted by Crippen LogP contribution is -2.49. The lowest BCUT2D eigenvalue weighted by molar-refractivity contribution is -0.137. The number of thioether (sulfide) groups is 2. The number of fused-ring (bicyclic) bond motifs is 2. The fourth-order valence-corrected chi connectivity index (χ4v) is 6.26. The van der Waals surface area contributed by atoms with Gasteiger partial charge in [0.15, 0.2) is 0 Å². The number of para-hydroxylation sites is 2. The molecule has 0 aromatic heterocycles. The Morgan fingerprint density at radius 3 is 2.53 bits per heavy atom. The molecule has 194 valence electrons. The smallest absolute Gasteiger partial charge is 0.325 e. The molecule has 0 radical (unpaired) electrons. The Balaban J connectivity index is 1.25. The van der Waals surface area contributed by atoms with Gasteiger partial charge in [0.05, 0.1) is 34.0 Å². The van der Waals surface area contributed by atoms with Crippen LogP contribution in [-0.4, -0.2) is 29.0 Å². The molecule has 0 saturated carbocycles. The zero-order chi connectivity index (χ0) is 26.7. The Labute approximate surface area is 226 Å². The molecular weight excluding hydrogens is 531 g/mol. The molecule has 0 spiro atoms. The molecule has 0 fully saturated rings. The fourth-order valence-electron chi connectivity index (χ4n) is 4.25. The second-order valence-electron chi connectivity index (χ2n) is 8.52. The van der Waals surface area contributed by atoms with E-state index in [1.54, 1.807) is 40.9 Å². The largest absolute Gasteiger partial charge is 0.418 e. The van der Waals surface area contributed by atoms with Crippen molar-refractivity contribution < 1.29 is 22.8 Å². The van der Waals surface area contributed by atoms with Crippen molar-refractivity contribution in [3.05, 3.63) is 103 Å². The Hall–Kier alpha value is -3.63. The first kappa shape index (κ1) is 26.0. The van der Waals surface area contributed by atoms with Gasteiger partial charge >= 0.3 is 12.2 Å². The van der Waals surface area contributed by atoms with Gasteiger partial charge in [-0.1, -0.05) is 54.6 Å². The van der Waals surface area contributed by atoms with Crippen LogP contribution in [-0.2, 0) is 11.0 Å². The van der Waals surface area contributed by atoms with Gasteiger partial charge in [0.2, 0.25) is 5.91 Å². The van der Waals surface area contributed by atoms with Crippen LogP contribution in [0.3, 0.4) is 0 Å². The maximum atomic E-state index is 13.5. The van der Waals surface area contributed by atoms with Crippen molar-refractivity contribution in [1.82, 2.24) is 0 Å². The van der Waals surface area contributed by atoms with Gasteiger partial charge in [-0.3, -0.25) is 9.69 Å². The summed E-state index contributed by atoms with van der Waals surface area (Å²) in [7, 11) is 0. The number of halogens is 3. The summed E-state index contributed by atoms with van der Waals surface area (Å²) >= 11 is 2.88. The van der Waals surface area contributed by atoms with Crippen LogP contribution in [0.1, 0.15) is 5.56 Å². The highest BCUT2D eigenvalue weighted by Crippen LogP contribution is 2.43. The van der Waals surface area contributed by atoms with Gasteiger partial charge in [0.25, 0.3) is 0 Å². The van der Waals surface area contributed by atoms with Gasteiger partial charge in [-0.2, -0.15) is 13.2 Å². The van der Waals surface area contributed by atoms with Gasteiger partial charge in [0.1, 0.15) is 0 Å². The number of anilines is 3. The van der Waals surface area contributed by atoms with Crippen molar-refractivity contribution in [3.63, 3.8) is 0 Å². The van der Waals surface area contributed by atoms with Gasteiger partial charge in [0, 0.05) is 15.5 Å². The SMILES string of the molecule is O=C(CSc1cccc(NC(=O)N2c3ccccc3SC3C=CC=CC32)c1)Nc1ccccc1C(F)(F)F. The minimum Gasteiger partial charge on any atom is -0.325 e. The van der Waals surface area contributed by atoms with Crippen molar-refractivity contribution in [2.24, 2.45) is 0 Å². The molecular formula is C28H22F3N3O2S2. The number of urea groups is 1. The molecule has 2 unspecified atom stereocenters. The van der Waals surface area contributed by atoms with Gasteiger partial charge in [-0.15, -0.1) is 23.5 Å². The van der Waals surface area contributed by atoms with Crippen molar-refractivity contribution in [3.8, 4) is 0 Å². The molecule has 5 rings (SSSR count). The summed E-state index contributed by atoms with van der Waals surface area (Å²) in [5.41, 5.74) is 0.200. The molecule has 3 aromatic rings. The van der Waals surface area contributed by atoms with E-state index in [4.69, 9.17) is 0 Å². The third-order valence-corrected chi connectivity index (χ3v) is 8.22. The van der Waals surface area contributed by atoms with Crippen LogP contribution >= 0.6 is 23.5 Å². The molecule has 1 heterocycles. The Bertz CT molecular complexity index is 1420.